The number of hydrogen-bond donors (Lipinski definition) is 2. The van der Waals surface area contributed by atoms with E-state index in [9.17, 15) is 15.0 Å². The topological polar surface area (TPSA) is 85.2 Å². The van der Waals surface area contributed by atoms with Crippen molar-refractivity contribution >= 4 is 5.97 Å². The van der Waals surface area contributed by atoms with Gasteiger partial charge in [0, 0.05) is 12.3 Å². The van der Waals surface area contributed by atoms with Crippen molar-refractivity contribution in [2.24, 2.45) is 17.8 Å². The lowest BCUT2D eigenvalue weighted by Crippen LogP contribution is -2.56. The zero-order valence-electron chi connectivity index (χ0n) is 15.9. The molecule has 1 aromatic rings. The van der Waals surface area contributed by atoms with Gasteiger partial charge in [-0.05, 0) is 17.4 Å². The van der Waals surface area contributed by atoms with Gasteiger partial charge in [0.25, 0.3) is 5.79 Å². The molecule has 6 nitrogen and oxygen atoms in total. The van der Waals surface area contributed by atoms with Crippen molar-refractivity contribution in [2.45, 2.75) is 51.8 Å². The van der Waals surface area contributed by atoms with Crippen molar-refractivity contribution in [2.75, 3.05) is 13.7 Å². The average molecular weight is 366 g/mol. The van der Waals surface area contributed by atoms with Crippen LogP contribution in [0.25, 0.3) is 0 Å². The monoisotopic (exact) mass is 366 g/mol. The largest absolute Gasteiger partial charge is 0.465 e. The van der Waals surface area contributed by atoms with Crippen LogP contribution in [0, 0.1) is 17.8 Å². The fourth-order valence-electron chi connectivity index (χ4n) is 3.56. The molecule has 0 aromatic heterocycles. The fourth-order valence-corrected chi connectivity index (χ4v) is 3.56. The molecule has 26 heavy (non-hydrogen) atoms. The fraction of sp³-hybridized carbons (Fsp3) is 0.650. The predicted molar refractivity (Wildman–Crippen MR) is 96.1 cm³/mol. The summed E-state index contributed by atoms with van der Waals surface area (Å²) in [4.78, 5) is 12.0. The standard InChI is InChI=1S/C20H30O6/c1-13-10-20(23,19(22)24-4)26-18(14(13)2)15(3)17(11-21)25-12-16-8-6-5-7-9-16/h5-9,13-15,17-18,21,23H,10-12H2,1-4H3/t13-,14+,15+,17-,18?,20?/m0/s1. The van der Waals surface area contributed by atoms with Crippen LogP contribution in [-0.4, -0.2) is 47.9 Å². The quantitative estimate of drug-likeness (QED) is 0.719. The molecule has 1 fully saturated rings. The zero-order valence-corrected chi connectivity index (χ0v) is 15.9. The van der Waals surface area contributed by atoms with Gasteiger partial charge in [-0.1, -0.05) is 51.1 Å². The molecule has 1 aliphatic rings. The van der Waals surface area contributed by atoms with E-state index >= 15 is 0 Å². The molecule has 0 saturated carbocycles. The lowest BCUT2D eigenvalue weighted by atomic mass is 9.76. The molecule has 1 aromatic carbocycles. The molecule has 2 rings (SSSR count). The van der Waals surface area contributed by atoms with Gasteiger partial charge in [-0.2, -0.15) is 0 Å². The van der Waals surface area contributed by atoms with Crippen molar-refractivity contribution in [3.05, 3.63) is 35.9 Å². The number of aliphatic hydroxyl groups is 2. The maximum Gasteiger partial charge on any atom is 0.366 e. The zero-order chi connectivity index (χ0) is 19.3. The first kappa shape index (κ1) is 20.8. The molecule has 1 saturated heterocycles. The third-order valence-electron chi connectivity index (χ3n) is 5.44. The van der Waals surface area contributed by atoms with Crippen LogP contribution in [0.15, 0.2) is 30.3 Å². The summed E-state index contributed by atoms with van der Waals surface area (Å²) in [5.41, 5.74) is 1.01. The first-order valence-corrected chi connectivity index (χ1v) is 9.07. The normalized spacial score (nSPS) is 31.2. The second-order valence-corrected chi connectivity index (χ2v) is 7.28. The Kier molecular flexibility index (Phi) is 7.17. The van der Waals surface area contributed by atoms with E-state index < -0.39 is 24.0 Å². The summed E-state index contributed by atoms with van der Waals surface area (Å²) in [7, 11) is 1.23. The molecule has 1 aliphatic heterocycles. The Bertz CT molecular complexity index is 577. The Balaban J connectivity index is 2.10. The highest BCUT2D eigenvalue weighted by atomic mass is 16.7. The third-order valence-corrected chi connectivity index (χ3v) is 5.44. The van der Waals surface area contributed by atoms with E-state index in [1.54, 1.807) is 0 Å². The molecule has 0 aliphatic carbocycles. The van der Waals surface area contributed by atoms with Crippen LogP contribution in [0.4, 0.5) is 0 Å². The smallest absolute Gasteiger partial charge is 0.366 e. The molecular weight excluding hydrogens is 336 g/mol. The Morgan fingerprint density at radius 2 is 2.00 bits per heavy atom. The summed E-state index contributed by atoms with van der Waals surface area (Å²) in [6.45, 7) is 6.09. The van der Waals surface area contributed by atoms with Crippen LogP contribution in [0.5, 0.6) is 0 Å². The van der Waals surface area contributed by atoms with E-state index in [4.69, 9.17) is 14.2 Å². The molecule has 6 heteroatoms. The second-order valence-electron chi connectivity index (χ2n) is 7.28. The van der Waals surface area contributed by atoms with Gasteiger partial charge >= 0.3 is 5.97 Å². The predicted octanol–water partition coefficient (Wildman–Crippen LogP) is 2.12. The first-order chi connectivity index (χ1) is 12.3. The Labute approximate surface area is 155 Å². The van der Waals surface area contributed by atoms with Crippen LogP contribution in [0.2, 0.25) is 0 Å². The molecular formula is C20H30O6. The van der Waals surface area contributed by atoms with E-state index in [1.807, 2.05) is 51.1 Å². The van der Waals surface area contributed by atoms with Gasteiger partial charge in [-0.15, -0.1) is 0 Å². The molecule has 1 heterocycles. The lowest BCUT2D eigenvalue weighted by molar-refractivity contribution is -0.289. The number of methoxy groups -OCH3 is 1. The number of carbonyl (C=O) groups is 1. The van der Waals surface area contributed by atoms with Gasteiger partial charge in [0.15, 0.2) is 0 Å². The highest BCUT2D eigenvalue weighted by Crippen LogP contribution is 2.40. The summed E-state index contributed by atoms with van der Waals surface area (Å²) in [6, 6.07) is 9.71. The van der Waals surface area contributed by atoms with Crippen LogP contribution < -0.4 is 0 Å². The number of carbonyl (C=O) groups excluding carboxylic acids is 1. The molecule has 6 atom stereocenters. The number of hydrogen-bond acceptors (Lipinski definition) is 6. The third kappa shape index (κ3) is 4.62. The van der Waals surface area contributed by atoms with E-state index in [0.717, 1.165) is 5.56 Å². The van der Waals surface area contributed by atoms with Gasteiger partial charge in [0.2, 0.25) is 0 Å². The maximum atomic E-state index is 12.0. The van der Waals surface area contributed by atoms with E-state index in [-0.39, 0.29) is 30.8 Å². The Morgan fingerprint density at radius 1 is 1.35 bits per heavy atom. The highest BCUT2D eigenvalue weighted by Gasteiger charge is 2.51. The summed E-state index contributed by atoms with van der Waals surface area (Å²) < 4.78 is 16.4. The first-order valence-electron chi connectivity index (χ1n) is 9.07. The number of ether oxygens (including phenoxy) is 3. The maximum absolute atomic E-state index is 12.0. The number of rotatable bonds is 7. The molecule has 0 bridgehead atoms. The van der Waals surface area contributed by atoms with Crippen molar-refractivity contribution in [1.29, 1.82) is 0 Å². The van der Waals surface area contributed by atoms with Crippen LogP contribution in [-0.2, 0) is 25.6 Å². The van der Waals surface area contributed by atoms with Crippen molar-refractivity contribution < 1.29 is 29.2 Å². The summed E-state index contributed by atoms with van der Waals surface area (Å²) >= 11 is 0. The van der Waals surface area contributed by atoms with Gasteiger partial charge in [0.05, 0.1) is 32.5 Å². The van der Waals surface area contributed by atoms with E-state index in [1.165, 1.54) is 7.11 Å². The van der Waals surface area contributed by atoms with Gasteiger partial charge in [-0.3, -0.25) is 0 Å². The van der Waals surface area contributed by atoms with Crippen LogP contribution in [0.3, 0.4) is 0 Å². The van der Waals surface area contributed by atoms with Gasteiger partial charge in [0.1, 0.15) is 0 Å². The molecule has 0 amide bonds. The molecule has 2 N–H and O–H groups in total. The van der Waals surface area contributed by atoms with Crippen molar-refractivity contribution in [1.82, 2.24) is 0 Å². The Hall–Kier alpha value is -1.47. The van der Waals surface area contributed by atoms with E-state index in [2.05, 4.69) is 0 Å². The SMILES string of the molecule is COC(=O)C1(O)C[C@H](C)[C@@H](C)C([C@H](C)[C@H](CO)OCc2ccccc2)O1. The molecule has 146 valence electrons. The van der Waals surface area contributed by atoms with Crippen LogP contribution >= 0.6 is 0 Å². The van der Waals surface area contributed by atoms with Crippen LogP contribution in [0.1, 0.15) is 32.8 Å². The average Bonchev–Trinajstić information content (AvgIpc) is 2.65. The second kappa shape index (κ2) is 8.95. The van der Waals surface area contributed by atoms with Crippen molar-refractivity contribution in [3.8, 4) is 0 Å². The minimum atomic E-state index is -1.96. The van der Waals surface area contributed by atoms with Crippen molar-refractivity contribution in [3.63, 3.8) is 0 Å². The molecule has 0 radical (unpaired) electrons. The number of esters is 1. The summed E-state index contributed by atoms with van der Waals surface area (Å²) in [6.07, 6.45) is -0.746. The number of aliphatic hydroxyl groups excluding tert-OH is 1. The minimum absolute atomic E-state index is 0.0498. The molecule has 2 unspecified atom stereocenters. The number of benzene rings is 1. The highest BCUT2D eigenvalue weighted by molar-refractivity contribution is 5.77. The Morgan fingerprint density at radius 3 is 2.58 bits per heavy atom. The van der Waals surface area contributed by atoms with Gasteiger partial charge in [-0.25, -0.2) is 4.79 Å². The minimum Gasteiger partial charge on any atom is -0.465 e. The molecule has 0 spiro atoms. The van der Waals surface area contributed by atoms with E-state index in [0.29, 0.717) is 6.61 Å². The summed E-state index contributed by atoms with van der Waals surface area (Å²) in [5, 5.41) is 20.4. The lowest BCUT2D eigenvalue weighted by Gasteiger charge is -2.45. The summed E-state index contributed by atoms with van der Waals surface area (Å²) in [5.74, 6) is -2.84. The van der Waals surface area contributed by atoms with Gasteiger partial charge < -0.3 is 24.4 Å².